The van der Waals surface area contributed by atoms with Gasteiger partial charge < -0.3 is 4.52 Å². The molecule has 0 aliphatic carbocycles. The molecule has 1 aromatic rings. The second kappa shape index (κ2) is 3.47. The van der Waals surface area contributed by atoms with Gasteiger partial charge in [0.25, 0.3) is 0 Å². The number of hydrogen-bond acceptors (Lipinski definition) is 4. The average Bonchev–Trinajstić information content (AvgIpc) is 2.32. The first-order valence-corrected chi connectivity index (χ1v) is 5.35. The summed E-state index contributed by atoms with van der Waals surface area (Å²) in [5, 5.41) is 3.50. The molecule has 1 N–H and O–H groups in total. The molecule has 0 fully saturated rings. The molecule has 13 heavy (non-hydrogen) atoms. The molecule has 0 saturated heterocycles. The van der Waals surface area contributed by atoms with Gasteiger partial charge in [-0.1, -0.05) is 5.16 Å². The highest BCUT2D eigenvalue weighted by molar-refractivity contribution is 7.89. The number of aromatic nitrogens is 1. The van der Waals surface area contributed by atoms with Crippen molar-refractivity contribution in [2.75, 3.05) is 0 Å². The molecule has 0 saturated carbocycles. The van der Waals surface area contributed by atoms with Crippen molar-refractivity contribution in [2.24, 2.45) is 0 Å². The van der Waals surface area contributed by atoms with E-state index in [0.29, 0.717) is 5.69 Å². The summed E-state index contributed by atoms with van der Waals surface area (Å²) in [6.45, 7) is 5.08. The van der Waals surface area contributed by atoms with Gasteiger partial charge in [0.05, 0.1) is 0 Å². The van der Waals surface area contributed by atoms with Crippen LogP contribution < -0.4 is 4.72 Å². The molecule has 1 aromatic heterocycles. The van der Waals surface area contributed by atoms with Crippen molar-refractivity contribution < 1.29 is 12.9 Å². The van der Waals surface area contributed by atoms with Gasteiger partial charge in [-0.3, -0.25) is 0 Å². The predicted octanol–water partition coefficient (Wildman–Crippen LogP) is 0.670. The van der Waals surface area contributed by atoms with Gasteiger partial charge in [0.2, 0.25) is 10.0 Å². The predicted molar refractivity (Wildman–Crippen MR) is 46.7 cm³/mol. The van der Waals surface area contributed by atoms with Crippen LogP contribution in [0.5, 0.6) is 0 Å². The zero-order valence-corrected chi connectivity index (χ0v) is 8.55. The molecule has 0 aliphatic heterocycles. The number of aryl methyl sites for hydroxylation is 1. The van der Waals surface area contributed by atoms with Crippen molar-refractivity contribution in [3.8, 4) is 0 Å². The van der Waals surface area contributed by atoms with Crippen molar-refractivity contribution in [3.63, 3.8) is 0 Å². The highest BCUT2D eigenvalue weighted by Crippen LogP contribution is 2.12. The Bertz CT molecular complexity index is 380. The van der Waals surface area contributed by atoms with Crippen LogP contribution in [0.4, 0.5) is 0 Å². The molecule has 0 aliphatic rings. The van der Waals surface area contributed by atoms with E-state index in [-0.39, 0.29) is 10.9 Å². The average molecular weight is 204 g/mol. The van der Waals surface area contributed by atoms with E-state index < -0.39 is 10.0 Å². The molecule has 1 heterocycles. The van der Waals surface area contributed by atoms with E-state index in [2.05, 4.69) is 14.4 Å². The molecule has 0 amide bonds. The SMILES string of the molecule is Cc1nocc1S(=O)(=O)NC(C)C. The van der Waals surface area contributed by atoms with E-state index in [4.69, 9.17) is 0 Å². The Balaban J connectivity index is 3.02. The molecule has 0 unspecified atom stereocenters. The lowest BCUT2D eigenvalue weighted by molar-refractivity contribution is 0.413. The monoisotopic (exact) mass is 204 g/mol. The number of hydrogen-bond donors (Lipinski definition) is 1. The van der Waals surface area contributed by atoms with Crippen molar-refractivity contribution in [1.82, 2.24) is 9.88 Å². The van der Waals surface area contributed by atoms with Gasteiger partial charge in [0.1, 0.15) is 16.9 Å². The van der Waals surface area contributed by atoms with E-state index >= 15 is 0 Å². The van der Waals surface area contributed by atoms with Crippen LogP contribution in [0.2, 0.25) is 0 Å². The minimum absolute atomic E-state index is 0.0983. The molecule has 6 heteroatoms. The fourth-order valence-corrected chi connectivity index (χ4v) is 2.26. The Morgan fingerprint density at radius 3 is 2.54 bits per heavy atom. The summed E-state index contributed by atoms with van der Waals surface area (Å²) in [5.74, 6) is 0. The van der Waals surface area contributed by atoms with Gasteiger partial charge in [-0.25, -0.2) is 13.1 Å². The maximum Gasteiger partial charge on any atom is 0.245 e. The first kappa shape index (κ1) is 10.2. The Hall–Kier alpha value is -0.880. The van der Waals surface area contributed by atoms with E-state index in [1.165, 1.54) is 0 Å². The van der Waals surface area contributed by atoms with Crippen LogP contribution in [-0.2, 0) is 10.0 Å². The Labute approximate surface area is 77.2 Å². The van der Waals surface area contributed by atoms with Gasteiger partial charge >= 0.3 is 0 Å². The summed E-state index contributed by atoms with van der Waals surface area (Å²) in [6.07, 6.45) is 1.13. The van der Waals surface area contributed by atoms with E-state index in [1.807, 2.05) is 0 Å². The highest BCUT2D eigenvalue weighted by Gasteiger charge is 2.20. The molecule has 74 valence electrons. The third-order valence-corrected chi connectivity index (χ3v) is 3.14. The summed E-state index contributed by atoms with van der Waals surface area (Å²) < 4.78 is 30.0. The lowest BCUT2D eigenvalue weighted by atomic mass is 10.4. The lowest BCUT2D eigenvalue weighted by Gasteiger charge is -2.07. The molecular weight excluding hydrogens is 192 g/mol. The van der Waals surface area contributed by atoms with Crippen LogP contribution in [0.1, 0.15) is 19.5 Å². The summed E-state index contributed by atoms with van der Waals surface area (Å²) >= 11 is 0. The Morgan fingerprint density at radius 2 is 2.15 bits per heavy atom. The number of sulfonamides is 1. The minimum atomic E-state index is -3.45. The third-order valence-electron chi connectivity index (χ3n) is 1.39. The summed E-state index contributed by atoms with van der Waals surface area (Å²) in [4.78, 5) is 0.0983. The van der Waals surface area contributed by atoms with Gasteiger partial charge in [0, 0.05) is 6.04 Å². The van der Waals surface area contributed by atoms with Gasteiger partial charge in [-0.2, -0.15) is 0 Å². The van der Waals surface area contributed by atoms with Crippen molar-refractivity contribution >= 4 is 10.0 Å². The van der Waals surface area contributed by atoms with Crippen LogP contribution >= 0.6 is 0 Å². The third kappa shape index (κ3) is 2.28. The van der Waals surface area contributed by atoms with Crippen LogP contribution in [0, 0.1) is 6.92 Å². The van der Waals surface area contributed by atoms with Crippen LogP contribution in [0.25, 0.3) is 0 Å². The second-order valence-electron chi connectivity index (χ2n) is 3.04. The fourth-order valence-electron chi connectivity index (χ4n) is 0.915. The maximum atomic E-state index is 11.5. The van der Waals surface area contributed by atoms with Gasteiger partial charge in [-0.15, -0.1) is 0 Å². The molecule has 0 atom stereocenters. The standard InChI is InChI=1S/C7H12N2O3S/c1-5(2)9-13(10,11)7-4-12-8-6(7)3/h4-5,9H,1-3H3. The molecule has 0 radical (unpaired) electrons. The van der Waals surface area contributed by atoms with E-state index in [0.717, 1.165) is 6.26 Å². The lowest BCUT2D eigenvalue weighted by Crippen LogP contribution is -2.30. The summed E-state index contributed by atoms with van der Waals surface area (Å²) in [7, 11) is -3.45. The van der Waals surface area contributed by atoms with Crippen LogP contribution in [-0.4, -0.2) is 19.6 Å². The van der Waals surface area contributed by atoms with Crippen LogP contribution in [0.15, 0.2) is 15.7 Å². The normalized spacial score (nSPS) is 12.3. The smallest absolute Gasteiger partial charge is 0.245 e. The number of nitrogens with zero attached hydrogens (tertiary/aromatic N) is 1. The van der Waals surface area contributed by atoms with Crippen molar-refractivity contribution in [3.05, 3.63) is 12.0 Å². The molecule has 0 spiro atoms. The van der Waals surface area contributed by atoms with Crippen LogP contribution in [0.3, 0.4) is 0 Å². The minimum Gasteiger partial charge on any atom is -0.363 e. The molecule has 0 bridgehead atoms. The first-order chi connectivity index (χ1) is 5.93. The number of rotatable bonds is 3. The largest absolute Gasteiger partial charge is 0.363 e. The van der Waals surface area contributed by atoms with Gasteiger partial charge in [0.15, 0.2) is 0 Å². The zero-order chi connectivity index (χ0) is 10.1. The Morgan fingerprint density at radius 1 is 1.54 bits per heavy atom. The molecular formula is C7H12N2O3S. The van der Waals surface area contributed by atoms with Crippen molar-refractivity contribution in [1.29, 1.82) is 0 Å². The van der Waals surface area contributed by atoms with Gasteiger partial charge in [-0.05, 0) is 20.8 Å². The maximum absolute atomic E-state index is 11.5. The highest BCUT2D eigenvalue weighted by atomic mass is 32.2. The molecule has 1 rings (SSSR count). The van der Waals surface area contributed by atoms with E-state index in [1.54, 1.807) is 20.8 Å². The quantitative estimate of drug-likeness (QED) is 0.785. The first-order valence-electron chi connectivity index (χ1n) is 3.87. The van der Waals surface area contributed by atoms with E-state index in [9.17, 15) is 8.42 Å². The number of nitrogens with one attached hydrogen (secondary N) is 1. The van der Waals surface area contributed by atoms with Crippen molar-refractivity contribution in [2.45, 2.75) is 31.7 Å². The topological polar surface area (TPSA) is 72.2 Å². The summed E-state index contributed by atoms with van der Waals surface area (Å²) in [6, 6.07) is -0.140. The molecule has 0 aromatic carbocycles. The second-order valence-corrected chi connectivity index (χ2v) is 4.72. The molecule has 5 nitrogen and oxygen atoms in total. The summed E-state index contributed by atoms with van der Waals surface area (Å²) in [5.41, 5.74) is 0.369. The fraction of sp³-hybridized carbons (Fsp3) is 0.571. The Kier molecular flexibility index (Phi) is 2.72. The zero-order valence-electron chi connectivity index (χ0n) is 7.73.